The van der Waals surface area contributed by atoms with E-state index in [-0.39, 0.29) is 50.0 Å². The van der Waals surface area contributed by atoms with Gasteiger partial charge in [0, 0.05) is 134 Å². The van der Waals surface area contributed by atoms with E-state index in [0.29, 0.717) is 70.2 Å². The van der Waals surface area contributed by atoms with E-state index in [2.05, 4.69) is 53.0 Å². The van der Waals surface area contributed by atoms with E-state index in [1.165, 1.54) is 5.56 Å². The van der Waals surface area contributed by atoms with Crippen LogP contribution in [0.15, 0.2) is 146 Å². The normalized spacial score (nSPS) is 17.4. The number of nitrogens with two attached hydrogens (primary N) is 3. The highest BCUT2D eigenvalue weighted by Gasteiger charge is 2.46. The zero-order valence-corrected chi connectivity index (χ0v) is 73.0. The lowest BCUT2D eigenvalue weighted by Crippen LogP contribution is -2.52. The predicted molar refractivity (Wildman–Crippen MR) is 462 cm³/mol. The Kier molecular flexibility index (Phi) is 46.2. The number of urea groups is 1. The maximum absolute atomic E-state index is 12.8. The lowest BCUT2D eigenvalue weighted by Gasteiger charge is -2.43. The fourth-order valence-electron chi connectivity index (χ4n) is 14.4. The zero-order valence-electron chi connectivity index (χ0n) is 67.7. The molecule has 6 aromatic rings. The number of benzene rings is 6. The number of likely N-dealkylation sites (tertiary alicyclic amines) is 2. The van der Waals surface area contributed by atoms with Crippen molar-refractivity contribution in [2.24, 2.45) is 35.0 Å². The number of carbonyl (C=O) groups is 3. The van der Waals surface area contributed by atoms with Gasteiger partial charge >= 0.3 is 25.5 Å². The standard InChI is InChI=1S/C29H43N3O5.C26H34ClNO4.C25H35NO3.C3Cl6O3.C3H10N2O/c1-3-22-11-4-6-14-26(22)37-27-15-7-5-13-25(27)29(35,16-8-9-18-36-2)23-12-10-17-32(21-23)28(34)31-20-24(33)19-30;1-3-20-11-4-6-14-23(20)32-24-15-7-5-13-22(24)26(30,16-8-9-18-31-2)21-12-10-17-28(19-21)25(27)29;1-3-20-11-4-6-14-23(20)29-24-15-7-5-13-22(24)25(27,16-8-9-18-28-2)21-12-10-17-26-19-21;4-2(5,6)11-1(10)12-3(7,8)9;4-1-3(6)2-5/h4-7,11,13-15,23-24,33,35H,3,8-10,12,16-21,30H2,1-2H3,(H,31,34);4-7,11,13-15,21,30H,3,8-10,12,16-19H2,1-2H3;4-7,11,13-15,21,26-27H,3,8-10,12,16-19H2,1-2H3;;3,6H,1-2,4-5H2/t23-,24?,29+;21-,26+;21-,25+;;/m111../s1. The maximum atomic E-state index is 12.8. The molecule has 3 aliphatic heterocycles. The molecule has 0 aliphatic carbocycles. The van der Waals surface area contributed by atoms with Gasteiger partial charge in [-0.2, -0.15) is 0 Å². The Bertz CT molecular complexity index is 3790. The molecule has 0 spiro atoms. The summed E-state index contributed by atoms with van der Waals surface area (Å²) in [6, 6.07) is 47.2. The van der Waals surface area contributed by atoms with E-state index < -0.39 is 48.5 Å². The number of unbranched alkanes of at least 4 members (excludes halogenated alkanes) is 3. The van der Waals surface area contributed by atoms with Gasteiger partial charge in [-0.1, -0.05) is 130 Å². The Labute approximate surface area is 720 Å². The predicted octanol–water partition coefficient (Wildman–Crippen LogP) is 17.0. The third kappa shape index (κ3) is 33.7. The minimum absolute atomic E-state index is 0.0854. The highest BCUT2D eigenvalue weighted by molar-refractivity contribution is 6.67. The number of halogens is 7. The number of amides is 3. The smallest absolute Gasteiger partial charge is 0.457 e. The van der Waals surface area contributed by atoms with Crippen LogP contribution in [0.5, 0.6) is 34.5 Å². The number of nitrogens with zero attached hydrogens (tertiary/aromatic N) is 2. The van der Waals surface area contributed by atoms with Crippen molar-refractivity contribution in [2.75, 3.05) is 107 Å². The first-order valence-electron chi connectivity index (χ1n) is 39.9. The highest BCUT2D eigenvalue weighted by Crippen LogP contribution is 2.48. The number of para-hydroxylation sites is 6. The molecule has 0 radical (unpaired) electrons. The number of nitrogens with one attached hydrogen (secondary N) is 2. The fraction of sp³-hybridized carbons (Fsp3) is 0.547. The molecule has 3 aliphatic rings. The minimum Gasteiger partial charge on any atom is -0.457 e. The Morgan fingerprint density at radius 2 is 0.802 bits per heavy atom. The third-order valence-corrected chi connectivity index (χ3v) is 21.4. The van der Waals surface area contributed by atoms with Crippen LogP contribution in [0.3, 0.4) is 0 Å². The molecule has 13 N–H and O–H groups in total. The third-order valence-electron chi connectivity index (χ3n) is 20.7. The van der Waals surface area contributed by atoms with Crippen LogP contribution in [0.2, 0.25) is 0 Å². The Morgan fingerprint density at radius 1 is 0.474 bits per heavy atom. The van der Waals surface area contributed by atoms with Crippen LogP contribution in [0.1, 0.15) is 150 Å². The molecule has 23 nitrogen and oxygen atoms in total. The summed E-state index contributed by atoms with van der Waals surface area (Å²) in [7, 11) is 5.09. The molecule has 6 aromatic carbocycles. The summed E-state index contributed by atoms with van der Waals surface area (Å²) in [6.45, 7) is 13.0. The highest BCUT2D eigenvalue weighted by atomic mass is 35.6. The largest absolute Gasteiger partial charge is 0.515 e. The molecule has 9 rings (SSSR count). The summed E-state index contributed by atoms with van der Waals surface area (Å²) in [4.78, 5) is 38.6. The lowest BCUT2D eigenvalue weighted by atomic mass is 9.73. The maximum Gasteiger partial charge on any atom is 0.515 e. The number of ether oxygens (including phenoxy) is 8. The van der Waals surface area contributed by atoms with Crippen molar-refractivity contribution in [3.05, 3.63) is 179 Å². The van der Waals surface area contributed by atoms with Gasteiger partial charge in [-0.25, -0.2) is 9.59 Å². The van der Waals surface area contributed by atoms with Crippen LogP contribution in [-0.4, -0.2) is 180 Å². The van der Waals surface area contributed by atoms with Gasteiger partial charge in [0.15, 0.2) is 0 Å². The number of rotatable bonds is 35. The van der Waals surface area contributed by atoms with Crippen LogP contribution < -0.4 is 42.0 Å². The molecule has 0 saturated carbocycles. The van der Waals surface area contributed by atoms with Crippen molar-refractivity contribution in [1.29, 1.82) is 0 Å². The van der Waals surface area contributed by atoms with Gasteiger partial charge in [0.2, 0.25) is 0 Å². The first-order chi connectivity index (χ1) is 55.5. The van der Waals surface area contributed by atoms with Gasteiger partial charge in [-0.15, -0.1) is 0 Å². The van der Waals surface area contributed by atoms with Crippen molar-refractivity contribution >= 4 is 98.8 Å². The molecule has 116 heavy (non-hydrogen) atoms. The molecule has 7 atom stereocenters. The topological polar surface area (TPSA) is 335 Å². The van der Waals surface area contributed by atoms with Gasteiger partial charge in [0.1, 0.15) is 34.5 Å². The Hall–Kier alpha value is -5.72. The molecule has 3 amide bonds. The molecule has 0 bridgehead atoms. The second-order valence-electron chi connectivity index (χ2n) is 28.7. The molecular weight excluding hydrogens is 1640 g/mol. The van der Waals surface area contributed by atoms with Gasteiger partial charge in [-0.05, 0) is 256 Å². The summed E-state index contributed by atoms with van der Waals surface area (Å²) in [5.41, 5.74) is 17.9. The molecule has 3 heterocycles. The van der Waals surface area contributed by atoms with Crippen molar-refractivity contribution in [2.45, 2.75) is 173 Å². The van der Waals surface area contributed by atoms with E-state index in [1.54, 1.807) is 31.1 Å². The monoisotopic (exact) mass is 1750 g/mol. The fourth-order valence-corrected chi connectivity index (χ4v) is 15.0. The second-order valence-corrected chi connectivity index (χ2v) is 33.4. The summed E-state index contributed by atoms with van der Waals surface area (Å²) < 4.78 is 38.4. The van der Waals surface area contributed by atoms with Crippen LogP contribution in [0, 0.1) is 17.8 Å². The Balaban J connectivity index is 0.000000281. The second kappa shape index (κ2) is 53.1. The number of aliphatic hydroxyl groups excluding tert-OH is 2. The van der Waals surface area contributed by atoms with Crippen molar-refractivity contribution in [3.63, 3.8) is 0 Å². The number of piperidine rings is 3. The number of hydrogen-bond acceptors (Lipinski definition) is 20. The van der Waals surface area contributed by atoms with Crippen LogP contribution in [-0.2, 0) is 59.7 Å². The van der Waals surface area contributed by atoms with Gasteiger partial charge < -0.3 is 101 Å². The molecule has 30 heteroatoms. The number of alkyl halides is 6. The van der Waals surface area contributed by atoms with Gasteiger partial charge in [0.05, 0.1) is 29.0 Å². The minimum atomic E-state index is -2.24. The average molecular weight is 1760 g/mol. The van der Waals surface area contributed by atoms with E-state index in [1.807, 2.05) is 133 Å². The van der Waals surface area contributed by atoms with Crippen molar-refractivity contribution in [3.8, 4) is 34.5 Å². The van der Waals surface area contributed by atoms with Gasteiger partial charge in [-0.3, -0.25) is 4.79 Å². The number of hydrogen-bond donors (Lipinski definition) is 10. The summed E-state index contributed by atoms with van der Waals surface area (Å²) >= 11 is 36.0. The molecule has 3 fully saturated rings. The number of methoxy groups -OCH3 is 3. The zero-order chi connectivity index (χ0) is 85.2. The molecular formula is C86H122Cl7N7O16. The van der Waals surface area contributed by atoms with Crippen LogP contribution in [0.4, 0.5) is 14.4 Å². The molecule has 3 saturated heterocycles. The van der Waals surface area contributed by atoms with Crippen LogP contribution in [0.25, 0.3) is 0 Å². The first kappa shape index (κ1) is 101. The van der Waals surface area contributed by atoms with Crippen molar-refractivity contribution < 1.29 is 77.8 Å². The molecule has 1 unspecified atom stereocenters. The Morgan fingerprint density at radius 3 is 1.12 bits per heavy atom. The van der Waals surface area contributed by atoms with E-state index in [9.17, 15) is 34.8 Å². The SMILES string of the molecule is CCc1ccccc1Oc1ccccc1[C@](O)(CCCCOC)[C@@H]1CCCN(C(=O)Cl)C1.CCc1ccccc1Oc1ccccc1[C@](O)(CCCCOC)[C@@H]1CCCN(C(=O)NCC(O)CN)C1.CCc1ccccc1Oc1ccccc1[C@](O)(CCCCOC)[C@@H]1CCCNC1.NCC(O)CN.O=C(OC(Cl)(Cl)Cl)OC(Cl)(Cl)Cl. The lowest BCUT2D eigenvalue weighted by molar-refractivity contribution is -0.0576. The number of aliphatic hydroxyl groups is 5. The average Bonchev–Trinajstić information content (AvgIpc) is 0.781. The molecule has 646 valence electrons. The number of aryl methyl sites for hydroxylation is 3. The van der Waals surface area contributed by atoms with Crippen LogP contribution >= 0.6 is 81.2 Å². The summed E-state index contributed by atoms with van der Waals surface area (Å²) in [5, 5.41) is 60.6. The van der Waals surface area contributed by atoms with E-state index in [4.69, 9.17) is 132 Å². The van der Waals surface area contributed by atoms with E-state index >= 15 is 0 Å². The quantitative estimate of drug-likeness (QED) is 0.00581. The summed E-state index contributed by atoms with van der Waals surface area (Å²) in [6.07, 6.45) is 12.1. The summed E-state index contributed by atoms with van der Waals surface area (Å²) in [5.74, 6) is 4.34. The molecule has 0 aromatic heterocycles. The van der Waals surface area contributed by atoms with Crippen molar-refractivity contribution in [1.82, 2.24) is 20.4 Å². The first-order valence-corrected chi connectivity index (χ1v) is 42.6. The van der Waals surface area contributed by atoms with E-state index in [0.717, 1.165) is 167 Å². The number of carbonyl (C=O) groups excluding carboxylic acids is 3. The van der Waals surface area contributed by atoms with Gasteiger partial charge in [0.25, 0.3) is 0 Å².